The van der Waals surface area contributed by atoms with Gasteiger partial charge in [0.25, 0.3) is 10.1 Å². The molecule has 0 unspecified atom stereocenters. The topological polar surface area (TPSA) is 63.7 Å². The van der Waals surface area contributed by atoms with Crippen LogP contribution in [0.2, 0.25) is 0 Å². The van der Waals surface area contributed by atoms with Crippen LogP contribution in [0.25, 0.3) is 0 Å². The molecule has 1 saturated heterocycles. The van der Waals surface area contributed by atoms with Crippen LogP contribution in [-0.2, 0) is 14.3 Å². The van der Waals surface area contributed by atoms with Crippen LogP contribution in [0.15, 0.2) is 60.7 Å². The van der Waals surface area contributed by atoms with Crippen LogP contribution in [0.4, 0.5) is 0 Å². The van der Waals surface area contributed by atoms with Gasteiger partial charge in [-0.3, -0.25) is 13.9 Å². The Labute approximate surface area is 186 Å². The predicted molar refractivity (Wildman–Crippen MR) is 124 cm³/mol. The molecule has 0 radical (unpaired) electrons. The van der Waals surface area contributed by atoms with Crippen LogP contribution < -0.4 is 0 Å². The van der Waals surface area contributed by atoms with Gasteiger partial charge in [-0.1, -0.05) is 67.1 Å². The van der Waals surface area contributed by atoms with Gasteiger partial charge < -0.3 is 0 Å². The van der Waals surface area contributed by atoms with Crippen LogP contribution in [0.5, 0.6) is 0 Å². The molecule has 6 heteroatoms. The lowest BCUT2D eigenvalue weighted by Crippen LogP contribution is -2.45. The van der Waals surface area contributed by atoms with Gasteiger partial charge in [0.1, 0.15) is 6.10 Å². The lowest BCUT2D eigenvalue weighted by molar-refractivity contribution is 0.0624. The highest BCUT2D eigenvalue weighted by Gasteiger charge is 2.33. The number of ketones is 1. The van der Waals surface area contributed by atoms with Crippen LogP contribution in [0.3, 0.4) is 0 Å². The summed E-state index contributed by atoms with van der Waals surface area (Å²) in [5, 5.41) is -0.598. The summed E-state index contributed by atoms with van der Waals surface area (Å²) in [7, 11) is -1.61. The lowest BCUT2D eigenvalue weighted by Gasteiger charge is -2.41. The Morgan fingerprint density at radius 3 is 2.19 bits per heavy atom. The highest BCUT2D eigenvalue weighted by Crippen LogP contribution is 2.33. The molecule has 31 heavy (non-hydrogen) atoms. The van der Waals surface area contributed by atoms with Crippen molar-refractivity contribution in [3.63, 3.8) is 0 Å². The lowest BCUT2D eigenvalue weighted by atomic mass is 9.88. The maximum Gasteiger partial charge on any atom is 0.270 e. The van der Waals surface area contributed by atoms with E-state index in [1.165, 1.54) is 0 Å². The van der Waals surface area contributed by atoms with Crippen molar-refractivity contribution in [2.45, 2.75) is 69.4 Å². The summed E-state index contributed by atoms with van der Waals surface area (Å²) < 4.78 is 30.7. The van der Waals surface area contributed by atoms with Gasteiger partial charge in [-0.15, -0.1) is 0 Å². The highest BCUT2D eigenvalue weighted by molar-refractivity contribution is 7.87. The molecule has 5 nitrogen and oxygen atoms in total. The molecule has 3 rings (SSSR count). The van der Waals surface area contributed by atoms with E-state index in [4.69, 9.17) is 4.18 Å². The number of Topliss-reactive ketones (excluding diaryl/α,β-unsaturated/α-hetero) is 1. The molecular weight excluding hydrogens is 410 g/mol. The van der Waals surface area contributed by atoms with Crippen molar-refractivity contribution in [1.29, 1.82) is 0 Å². The van der Waals surface area contributed by atoms with Gasteiger partial charge >= 0.3 is 0 Å². The Morgan fingerprint density at radius 2 is 1.58 bits per heavy atom. The fraction of sp³-hybridized carbons (Fsp3) is 0.480. The maximum atomic E-state index is 12.7. The number of benzene rings is 2. The molecule has 0 aromatic heterocycles. The number of carbonyl (C=O) groups is 1. The number of hydrogen-bond donors (Lipinski definition) is 0. The molecule has 0 saturated carbocycles. The third kappa shape index (κ3) is 6.25. The zero-order chi connectivity index (χ0) is 22.4. The summed E-state index contributed by atoms with van der Waals surface area (Å²) in [5.41, 5.74) is 1.61. The standard InChI is InChI=1S/C25H33NO4S/c1-19(2)31(28,29)30-25(21-13-8-5-9-14-21)18-23-16-10-15-22(26(23)3)17-24(27)20-11-6-4-7-12-20/h4-9,11-14,19,22-23,25H,10,15-18H2,1-3H3/t22-,23+,25+/m1/s1. The first kappa shape index (κ1) is 23.6. The van der Waals surface area contributed by atoms with Gasteiger partial charge in [0, 0.05) is 24.1 Å². The molecule has 1 fully saturated rings. The van der Waals surface area contributed by atoms with Crippen LogP contribution >= 0.6 is 0 Å². The van der Waals surface area contributed by atoms with E-state index in [9.17, 15) is 13.2 Å². The first-order valence-corrected chi connectivity index (χ1v) is 12.5. The van der Waals surface area contributed by atoms with Gasteiger partial charge in [0.05, 0.1) is 5.25 Å². The second-order valence-electron chi connectivity index (χ2n) is 8.67. The Hall–Kier alpha value is -2.02. The van der Waals surface area contributed by atoms with Crippen LogP contribution in [0, 0.1) is 0 Å². The van der Waals surface area contributed by atoms with E-state index < -0.39 is 21.5 Å². The Kier molecular flexibility index (Phi) is 8.03. The molecule has 2 aromatic rings. The van der Waals surface area contributed by atoms with E-state index in [2.05, 4.69) is 4.90 Å². The molecule has 2 aromatic carbocycles. The summed E-state index contributed by atoms with van der Waals surface area (Å²) in [5.74, 6) is 0.149. The van der Waals surface area contributed by atoms with Gasteiger partial charge in [-0.25, -0.2) is 0 Å². The third-order valence-corrected chi connectivity index (χ3v) is 7.88. The van der Waals surface area contributed by atoms with Crippen LogP contribution in [-0.4, -0.2) is 43.5 Å². The minimum Gasteiger partial charge on any atom is -0.300 e. The minimum absolute atomic E-state index is 0.143. The Bertz CT molecular complexity index is 944. The van der Waals surface area contributed by atoms with Crippen molar-refractivity contribution in [2.75, 3.05) is 7.05 Å². The molecule has 0 aliphatic carbocycles. The maximum absolute atomic E-state index is 12.7. The molecule has 1 aliphatic heterocycles. The predicted octanol–water partition coefficient (Wildman–Crippen LogP) is 5.00. The smallest absolute Gasteiger partial charge is 0.270 e. The SMILES string of the molecule is CC(C)S(=O)(=O)O[C@@H](C[C@@H]1CCC[C@H](CC(=O)c2ccccc2)N1C)c1ccccc1. The molecule has 168 valence electrons. The number of carbonyl (C=O) groups excluding carboxylic acids is 1. The van der Waals surface area contributed by atoms with Crippen molar-refractivity contribution in [1.82, 2.24) is 4.90 Å². The van der Waals surface area contributed by atoms with Crippen molar-refractivity contribution in [3.8, 4) is 0 Å². The van der Waals surface area contributed by atoms with E-state index in [1.807, 2.05) is 67.7 Å². The average molecular weight is 444 g/mol. The molecule has 0 amide bonds. The fourth-order valence-electron chi connectivity index (χ4n) is 4.20. The monoisotopic (exact) mass is 443 g/mol. The zero-order valence-corrected chi connectivity index (χ0v) is 19.4. The van der Waals surface area contributed by atoms with E-state index >= 15 is 0 Å². The number of piperidine rings is 1. The number of rotatable bonds is 9. The summed E-state index contributed by atoms with van der Waals surface area (Å²) >= 11 is 0. The largest absolute Gasteiger partial charge is 0.300 e. The number of likely N-dealkylation sites (tertiary alicyclic amines) is 1. The second kappa shape index (κ2) is 10.5. The summed E-state index contributed by atoms with van der Waals surface area (Å²) in [4.78, 5) is 15.0. The van der Waals surface area contributed by atoms with Crippen molar-refractivity contribution >= 4 is 15.9 Å². The number of hydrogen-bond acceptors (Lipinski definition) is 5. The fourth-order valence-corrected chi connectivity index (χ4v) is 4.94. The van der Waals surface area contributed by atoms with Gasteiger partial charge in [-0.2, -0.15) is 8.42 Å². The second-order valence-corrected chi connectivity index (χ2v) is 10.8. The third-order valence-electron chi connectivity index (χ3n) is 6.23. The van der Waals surface area contributed by atoms with E-state index in [1.54, 1.807) is 13.8 Å². The normalized spacial score (nSPS) is 21.2. The molecule has 0 bridgehead atoms. The van der Waals surface area contributed by atoms with Gasteiger partial charge in [-0.05, 0) is 45.7 Å². The zero-order valence-electron chi connectivity index (χ0n) is 18.6. The molecule has 1 heterocycles. The van der Waals surface area contributed by atoms with Gasteiger partial charge in [0.15, 0.2) is 5.78 Å². The average Bonchev–Trinajstić information content (AvgIpc) is 2.77. The van der Waals surface area contributed by atoms with Gasteiger partial charge in [0.2, 0.25) is 0 Å². The van der Waals surface area contributed by atoms with Crippen LogP contribution in [0.1, 0.15) is 68.0 Å². The molecular formula is C25H33NO4S. The summed E-state index contributed by atoms with van der Waals surface area (Å²) in [6, 6.07) is 19.2. The minimum atomic E-state index is -3.65. The Balaban J connectivity index is 1.73. The van der Waals surface area contributed by atoms with Crippen molar-refractivity contribution in [3.05, 3.63) is 71.8 Å². The number of nitrogens with zero attached hydrogens (tertiary/aromatic N) is 1. The summed E-state index contributed by atoms with van der Waals surface area (Å²) in [6.45, 7) is 3.27. The molecule has 3 atom stereocenters. The highest BCUT2D eigenvalue weighted by atomic mass is 32.2. The van der Waals surface area contributed by atoms with E-state index in [-0.39, 0.29) is 17.9 Å². The van der Waals surface area contributed by atoms with E-state index in [0.717, 1.165) is 30.4 Å². The summed E-state index contributed by atoms with van der Waals surface area (Å²) in [6.07, 6.45) is 3.44. The first-order valence-electron chi connectivity index (χ1n) is 11.0. The van der Waals surface area contributed by atoms with Crippen molar-refractivity contribution < 1.29 is 17.4 Å². The Morgan fingerprint density at radius 1 is 1.00 bits per heavy atom. The molecule has 1 aliphatic rings. The first-order chi connectivity index (χ1) is 14.8. The van der Waals surface area contributed by atoms with E-state index in [0.29, 0.717) is 12.8 Å². The quantitative estimate of drug-likeness (QED) is 0.403. The molecule has 0 N–H and O–H groups in total. The van der Waals surface area contributed by atoms with Crippen molar-refractivity contribution in [2.24, 2.45) is 0 Å². The molecule has 0 spiro atoms.